The Bertz CT molecular complexity index is 1040. The third-order valence-electron chi connectivity index (χ3n) is 4.06. The van der Waals surface area contributed by atoms with Gasteiger partial charge in [-0.25, -0.2) is 12.8 Å². The highest BCUT2D eigenvalue weighted by molar-refractivity contribution is 7.89. The Labute approximate surface area is 161 Å². The van der Waals surface area contributed by atoms with Crippen LogP contribution in [0.15, 0.2) is 59.5 Å². The van der Waals surface area contributed by atoms with Crippen molar-refractivity contribution in [3.63, 3.8) is 0 Å². The molecule has 2 amide bonds. The standard InChI is InChI=1S/C19H18FN3O4S/c20-17-7-2-1-4-14(17)8-9-18(24)22-15-5-3-6-16(12-15)28(26,27)23-11-10-21-19(25)13-23/h1-9,12H,10-11,13H2,(H,21,25)(H,22,24). The lowest BCUT2D eigenvalue weighted by molar-refractivity contribution is -0.122. The second-order valence-corrected chi connectivity index (χ2v) is 8.00. The van der Waals surface area contributed by atoms with Crippen molar-refractivity contribution in [1.82, 2.24) is 9.62 Å². The molecular formula is C19H18FN3O4S. The zero-order valence-electron chi connectivity index (χ0n) is 14.8. The minimum Gasteiger partial charge on any atom is -0.354 e. The number of sulfonamides is 1. The number of carbonyl (C=O) groups is 2. The third-order valence-corrected chi connectivity index (χ3v) is 5.90. The Morgan fingerprint density at radius 2 is 1.96 bits per heavy atom. The normalized spacial score (nSPS) is 15.4. The molecule has 3 rings (SSSR count). The summed E-state index contributed by atoms with van der Waals surface area (Å²) >= 11 is 0. The van der Waals surface area contributed by atoms with Crippen LogP contribution in [0.5, 0.6) is 0 Å². The van der Waals surface area contributed by atoms with Crippen LogP contribution < -0.4 is 10.6 Å². The van der Waals surface area contributed by atoms with Gasteiger partial charge in [-0.05, 0) is 30.3 Å². The van der Waals surface area contributed by atoms with E-state index in [1.165, 1.54) is 42.5 Å². The maximum atomic E-state index is 13.6. The largest absolute Gasteiger partial charge is 0.354 e. The predicted octanol–water partition coefficient (Wildman–Crippen LogP) is 1.60. The van der Waals surface area contributed by atoms with E-state index in [1.807, 2.05) is 0 Å². The van der Waals surface area contributed by atoms with E-state index in [1.54, 1.807) is 12.1 Å². The number of piperazine rings is 1. The summed E-state index contributed by atoms with van der Waals surface area (Å²) in [4.78, 5) is 23.5. The molecule has 0 unspecified atom stereocenters. The number of halogens is 1. The second-order valence-electron chi connectivity index (χ2n) is 6.06. The molecule has 1 aliphatic heterocycles. The number of hydrogen-bond donors (Lipinski definition) is 2. The van der Waals surface area contributed by atoms with E-state index in [0.29, 0.717) is 0 Å². The molecule has 1 saturated heterocycles. The molecule has 2 aromatic carbocycles. The van der Waals surface area contributed by atoms with Crippen LogP contribution in [0.4, 0.5) is 10.1 Å². The summed E-state index contributed by atoms with van der Waals surface area (Å²) in [5, 5.41) is 5.11. The van der Waals surface area contributed by atoms with Crippen molar-refractivity contribution in [3.8, 4) is 0 Å². The number of carbonyl (C=O) groups excluding carboxylic acids is 2. The Balaban J connectivity index is 1.73. The molecule has 0 aromatic heterocycles. The zero-order chi connectivity index (χ0) is 20.1. The van der Waals surface area contributed by atoms with E-state index in [4.69, 9.17) is 0 Å². The number of hydrogen-bond acceptors (Lipinski definition) is 4. The summed E-state index contributed by atoms with van der Waals surface area (Å²) in [5.41, 5.74) is 0.531. The summed E-state index contributed by atoms with van der Waals surface area (Å²) in [6, 6.07) is 11.8. The van der Waals surface area contributed by atoms with Gasteiger partial charge in [0.05, 0.1) is 11.4 Å². The quantitative estimate of drug-likeness (QED) is 0.742. The first kappa shape index (κ1) is 19.7. The molecule has 146 valence electrons. The van der Waals surface area contributed by atoms with Gasteiger partial charge >= 0.3 is 0 Å². The van der Waals surface area contributed by atoms with E-state index >= 15 is 0 Å². The molecule has 0 saturated carbocycles. The number of rotatable bonds is 5. The molecule has 0 bridgehead atoms. The van der Waals surface area contributed by atoms with Crippen molar-refractivity contribution in [3.05, 3.63) is 66.0 Å². The lowest BCUT2D eigenvalue weighted by Gasteiger charge is -2.26. The first-order valence-electron chi connectivity index (χ1n) is 8.47. The van der Waals surface area contributed by atoms with Gasteiger partial charge in [0, 0.05) is 30.4 Å². The number of amides is 2. The number of nitrogens with zero attached hydrogens (tertiary/aromatic N) is 1. The van der Waals surface area contributed by atoms with Crippen molar-refractivity contribution in [2.75, 3.05) is 25.0 Å². The summed E-state index contributed by atoms with van der Waals surface area (Å²) in [6.07, 6.45) is 2.49. The number of nitrogens with one attached hydrogen (secondary N) is 2. The molecule has 0 atom stereocenters. The lowest BCUT2D eigenvalue weighted by Crippen LogP contribution is -2.49. The average Bonchev–Trinajstić information content (AvgIpc) is 2.67. The topological polar surface area (TPSA) is 95.6 Å². The van der Waals surface area contributed by atoms with Gasteiger partial charge in [0.25, 0.3) is 0 Å². The highest BCUT2D eigenvalue weighted by atomic mass is 32.2. The maximum Gasteiger partial charge on any atom is 0.248 e. The maximum absolute atomic E-state index is 13.6. The molecule has 1 heterocycles. The van der Waals surface area contributed by atoms with Gasteiger partial charge < -0.3 is 10.6 Å². The molecular weight excluding hydrogens is 385 g/mol. The van der Waals surface area contributed by atoms with E-state index < -0.39 is 21.7 Å². The van der Waals surface area contributed by atoms with Crippen molar-refractivity contribution in [1.29, 1.82) is 0 Å². The van der Waals surface area contributed by atoms with Crippen LogP contribution in [0.3, 0.4) is 0 Å². The smallest absolute Gasteiger partial charge is 0.248 e. The Morgan fingerprint density at radius 3 is 2.71 bits per heavy atom. The Morgan fingerprint density at radius 1 is 1.18 bits per heavy atom. The Kier molecular flexibility index (Phi) is 5.86. The molecule has 7 nitrogen and oxygen atoms in total. The fourth-order valence-electron chi connectivity index (χ4n) is 2.66. The lowest BCUT2D eigenvalue weighted by atomic mass is 10.2. The van der Waals surface area contributed by atoms with Gasteiger partial charge in [-0.1, -0.05) is 24.3 Å². The van der Waals surface area contributed by atoms with Crippen LogP contribution >= 0.6 is 0 Å². The van der Waals surface area contributed by atoms with Gasteiger partial charge in [-0.15, -0.1) is 0 Å². The zero-order valence-corrected chi connectivity index (χ0v) is 15.6. The van der Waals surface area contributed by atoms with Crippen molar-refractivity contribution in [2.45, 2.75) is 4.90 Å². The monoisotopic (exact) mass is 403 g/mol. The Hall–Kier alpha value is -3.04. The predicted molar refractivity (Wildman–Crippen MR) is 102 cm³/mol. The average molecular weight is 403 g/mol. The van der Waals surface area contributed by atoms with Crippen molar-refractivity contribution in [2.24, 2.45) is 0 Å². The minimum atomic E-state index is -3.86. The van der Waals surface area contributed by atoms with E-state index in [2.05, 4.69) is 10.6 Å². The fraction of sp³-hybridized carbons (Fsp3) is 0.158. The van der Waals surface area contributed by atoms with Crippen LogP contribution in [0.1, 0.15) is 5.56 Å². The molecule has 9 heteroatoms. The minimum absolute atomic E-state index is 0.0296. The van der Waals surface area contributed by atoms with Crippen molar-refractivity contribution >= 4 is 33.6 Å². The van der Waals surface area contributed by atoms with E-state index in [9.17, 15) is 22.4 Å². The van der Waals surface area contributed by atoms with Crippen LogP contribution in [0, 0.1) is 5.82 Å². The molecule has 1 fully saturated rings. The van der Waals surface area contributed by atoms with E-state index in [0.717, 1.165) is 10.4 Å². The summed E-state index contributed by atoms with van der Waals surface area (Å²) in [7, 11) is -3.86. The first-order valence-corrected chi connectivity index (χ1v) is 9.91. The van der Waals surface area contributed by atoms with Crippen LogP contribution in [0.2, 0.25) is 0 Å². The summed E-state index contributed by atoms with van der Waals surface area (Å²) in [6.45, 7) is 0.176. The van der Waals surface area contributed by atoms with Gasteiger partial charge in [0.2, 0.25) is 21.8 Å². The molecule has 0 radical (unpaired) electrons. The molecule has 2 N–H and O–H groups in total. The summed E-state index contributed by atoms with van der Waals surface area (Å²) in [5.74, 6) is -1.35. The highest BCUT2D eigenvalue weighted by Gasteiger charge is 2.29. The van der Waals surface area contributed by atoms with Gasteiger partial charge in [-0.2, -0.15) is 4.31 Å². The number of anilines is 1. The van der Waals surface area contributed by atoms with Crippen LogP contribution in [-0.2, 0) is 19.6 Å². The highest BCUT2D eigenvalue weighted by Crippen LogP contribution is 2.20. The van der Waals surface area contributed by atoms with Gasteiger partial charge in [-0.3, -0.25) is 9.59 Å². The van der Waals surface area contributed by atoms with Crippen molar-refractivity contribution < 1.29 is 22.4 Å². The fourth-order valence-corrected chi connectivity index (χ4v) is 4.11. The van der Waals surface area contributed by atoms with E-state index in [-0.39, 0.29) is 41.7 Å². The summed E-state index contributed by atoms with van der Waals surface area (Å²) < 4.78 is 40.1. The van der Waals surface area contributed by atoms with Crippen LogP contribution in [0.25, 0.3) is 6.08 Å². The third kappa shape index (κ3) is 4.62. The SMILES string of the molecule is O=C(C=Cc1ccccc1F)Nc1cccc(S(=O)(=O)N2CCNC(=O)C2)c1. The van der Waals surface area contributed by atoms with Gasteiger partial charge in [0.1, 0.15) is 5.82 Å². The number of benzene rings is 2. The molecule has 1 aliphatic rings. The molecule has 2 aromatic rings. The molecule has 28 heavy (non-hydrogen) atoms. The van der Waals surface area contributed by atoms with Gasteiger partial charge in [0.15, 0.2) is 0 Å². The molecule has 0 aliphatic carbocycles. The van der Waals surface area contributed by atoms with Crippen LogP contribution in [-0.4, -0.2) is 44.2 Å². The molecule has 0 spiro atoms. The first-order chi connectivity index (χ1) is 13.4. The second kappa shape index (κ2) is 8.32.